The minimum atomic E-state index is 0.199. The molecule has 2 aromatic carbocycles. The van der Waals surface area contributed by atoms with Gasteiger partial charge in [0.05, 0.1) is 19.2 Å². The maximum absolute atomic E-state index is 6.08. The van der Waals surface area contributed by atoms with Crippen molar-refractivity contribution in [2.75, 3.05) is 21.3 Å². The first-order chi connectivity index (χ1) is 10.2. The third kappa shape index (κ3) is 3.90. The fourth-order valence-electron chi connectivity index (χ4n) is 2.28. The monoisotopic (exact) mass is 305 g/mol. The number of benzene rings is 2. The van der Waals surface area contributed by atoms with E-state index in [1.54, 1.807) is 14.2 Å². The lowest BCUT2D eigenvalue weighted by molar-refractivity contribution is 0.413. The van der Waals surface area contributed by atoms with Crippen LogP contribution in [-0.4, -0.2) is 21.3 Å². The number of hydrogen-bond donors (Lipinski definition) is 1. The predicted molar refractivity (Wildman–Crippen MR) is 86.5 cm³/mol. The molecule has 4 heteroatoms. The Morgan fingerprint density at radius 3 is 2.33 bits per heavy atom. The number of methoxy groups -OCH3 is 2. The smallest absolute Gasteiger partial charge is 0.137 e. The van der Waals surface area contributed by atoms with Crippen molar-refractivity contribution < 1.29 is 9.47 Å². The topological polar surface area (TPSA) is 30.5 Å². The van der Waals surface area contributed by atoms with Crippen LogP contribution in [0.2, 0.25) is 5.02 Å². The zero-order chi connectivity index (χ0) is 15.2. The van der Waals surface area contributed by atoms with Crippen LogP contribution in [0.5, 0.6) is 11.5 Å². The fraction of sp³-hybridized carbons (Fsp3) is 0.294. The molecule has 0 spiro atoms. The third-order valence-corrected chi connectivity index (χ3v) is 3.84. The van der Waals surface area contributed by atoms with Gasteiger partial charge in [0.15, 0.2) is 0 Å². The van der Waals surface area contributed by atoms with E-state index >= 15 is 0 Å². The summed E-state index contributed by atoms with van der Waals surface area (Å²) in [5.41, 5.74) is 2.39. The molecule has 3 nitrogen and oxygen atoms in total. The molecule has 0 aliphatic heterocycles. The Balaban J connectivity index is 2.18. The maximum Gasteiger partial charge on any atom is 0.137 e. The Morgan fingerprint density at radius 2 is 1.76 bits per heavy atom. The van der Waals surface area contributed by atoms with E-state index in [1.807, 2.05) is 37.4 Å². The molecule has 0 radical (unpaired) electrons. The molecule has 2 aromatic rings. The van der Waals surface area contributed by atoms with Crippen LogP contribution in [0.25, 0.3) is 0 Å². The van der Waals surface area contributed by atoms with Crippen molar-refractivity contribution >= 4 is 11.6 Å². The van der Waals surface area contributed by atoms with Gasteiger partial charge in [-0.3, -0.25) is 0 Å². The molecule has 1 atom stereocenters. The summed E-state index contributed by atoms with van der Waals surface area (Å²) >= 11 is 6.08. The molecule has 0 heterocycles. The highest BCUT2D eigenvalue weighted by Gasteiger charge is 2.12. The van der Waals surface area contributed by atoms with E-state index < -0.39 is 0 Å². The van der Waals surface area contributed by atoms with Crippen molar-refractivity contribution in [3.05, 3.63) is 58.6 Å². The van der Waals surface area contributed by atoms with E-state index in [0.29, 0.717) is 10.8 Å². The molecule has 112 valence electrons. The summed E-state index contributed by atoms with van der Waals surface area (Å²) in [4.78, 5) is 0. The first kappa shape index (κ1) is 15.7. The van der Waals surface area contributed by atoms with Crippen LogP contribution in [0.1, 0.15) is 17.2 Å². The summed E-state index contributed by atoms with van der Waals surface area (Å²) in [6.07, 6.45) is 0.880. The first-order valence-corrected chi connectivity index (χ1v) is 7.19. The molecule has 1 N–H and O–H groups in total. The lowest BCUT2D eigenvalue weighted by Gasteiger charge is -2.18. The largest absolute Gasteiger partial charge is 0.497 e. The standard InChI is InChI=1S/C17H20ClNO2/c1-19-16(10-12-4-7-14(20-2)8-5-12)13-6-9-15(18)17(11-13)21-3/h4-9,11,16,19H,10H2,1-3H3. The number of halogens is 1. The number of nitrogens with one attached hydrogen (secondary N) is 1. The molecule has 0 fully saturated rings. The minimum absolute atomic E-state index is 0.199. The van der Waals surface area contributed by atoms with Gasteiger partial charge in [-0.25, -0.2) is 0 Å². The second-order valence-corrected chi connectivity index (χ2v) is 5.19. The molecule has 0 amide bonds. The fourth-order valence-corrected chi connectivity index (χ4v) is 2.47. The van der Waals surface area contributed by atoms with Gasteiger partial charge in [0.25, 0.3) is 0 Å². The van der Waals surface area contributed by atoms with Gasteiger partial charge < -0.3 is 14.8 Å². The highest BCUT2D eigenvalue weighted by atomic mass is 35.5. The zero-order valence-electron chi connectivity index (χ0n) is 12.5. The third-order valence-electron chi connectivity index (χ3n) is 3.52. The van der Waals surface area contributed by atoms with Crippen molar-refractivity contribution in [1.29, 1.82) is 0 Å². The van der Waals surface area contributed by atoms with E-state index in [-0.39, 0.29) is 6.04 Å². The quantitative estimate of drug-likeness (QED) is 0.879. The van der Waals surface area contributed by atoms with E-state index in [9.17, 15) is 0 Å². The van der Waals surface area contributed by atoms with Gasteiger partial charge >= 0.3 is 0 Å². The SMILES string of the molecule is CNC(Cc1ccc(OC)cc1)c1ccc(Cl)c(OC)c1. The Morgan fingerprint density at radius 1 is 1.05 bits per heavy atom. The van der Waals surface area contributed by atoms with Crippen LogP contribution < -0.4 is 14.8 Å². The van der Waals surface area contributed by atoms with Crippen molar-refractivity contribution in [3.8, 4) is 11.5 Å². The number of hydrogen-bond acceptors (Lipinski definition) is 3. The Kier molecular flexibility index (Phi) is 5.48. The van der Waals surface area contributed by atoms with Gasteiger partial charge in [-0.05, 0) is 48.9 Å². The van der Waals surface area contributed by atoms with E-state index in [2.05, 4.69) is 17.4 Å². The molecular formula is C17H20ClNO2. The minimum Gasteiger partial charge on any atom is -0.497 e. The molecule has 0 aromatic heterocycles. The van der Waals surface area contributed by atoms with Gasteiger partial charge in [0, 0.05) is 6.04 Å². The molecule has 0 saturated heterocycles. The van der Waals surface area contributed by atoms with Crippen LogP contribution in [0.3, 0.4) is 0 Å². The molecular weight excluding hydrogens is 286 g/mol. The van der Waals surface area contributed by atoms with Crippen molar-refractivity contribution in [2.45, 2.75) is 12.5 Å². The molecule has 0 aliphatic rings. The van der Waals surface area contributed by atoms with Crippen LogP contribution in [0, 0.1) is 0 Å². The lowest BCUT2D eigenvalue weighted by Crippen LogP contribution is -2.18. The lowest BCUT2D eigenvalue weighted by atomic mass is 9.98. The number of likely N-dealkylation sites (N-methyl/N-ethyl adjacent to an activating group) is 1. The van der Waals surface area contributed by atoms with Crippen LogP contribution in [0.15, 0.2) is 42.5 Å². The summed E-state index contributed by atoms with van der Waals surface area (Å²) < 4.78 is 10.5. The summed E-state index contributed by atoms with van der Waals surface area (Å²) in [5.74, 6) is 1.57. The zero-order valence-corrected chi connectivity index (χ0v) is 13.3. The Hall–Kier alpha value is -1.71. The van der Waals surface area contributed by atoms with Gasteiger partial charge in [0.2, 0.25) is 0 Å². The molecule has 2 rings (SSSR count). The van der Waals surface area contributed by atoms with Crippen molar-refractivity contribution in [3.63, 3.8) is 0 Å². The summed E-state index contributed by atoms with van der Waals surface area (Å²) in [5, 5.41) is 3.96. The second kappa shape index (κ2) is 7.34. The van der Waals surface area contributed by atoms with Crippen molar-refractivity contribution in [2.24, 2.45) is 0 Å². The Bertz CT molecular complexity index is 584. The second-order valence-electron chi connectivity index (χ2n) is 4.79. The van der Waals surface area contributed by atoms with E-state index in [0.717, 1.165) is 17.7 Å². The Labute approximate surface area is 130 Å². The summed E-state index contributed by atoms with van der Waals surface area (Å²) in [7, 11) is 5.25. The summed E-state index contributed by atoms with van der Waals surface area (Å²) in [6, 6.07) is 14.2. The van der Waals surface area contributed by atoms with E-state index in [1.165, 1.54) is 5.56 Å². The van der Waals surface area contributed by atoms with Gasteiger partial charge in [0.1, 0.15) is 11.5 Å². The molecule has 0 aliphatic carbocycles. The molecule has 21 heavy (non-hydrogen) atoms. The van der Waals surface area contributed by atoms with Crippen molar-refractivity contribution in [1.82, 2.24) is 5.32 Å². The average Bonchev–Trinajstić information content (AvgIpc) is 2.54. The molecule has 0 bridgehead atoms. The molecule has 1 unspecified atom stereocenters. The molecule has 0 saturated carbocycles. The highest BCUT2D eigenvalue weighted by molar-refractivity contribution is 6.32. The summed E-state index contributed by atoms with van der Waals surface area (Å²) in [6.45, 7) is 0. The first-order valence-electron chi connectivity index (χ1n) is 6.81. The predicted octanol–water partition coefficient (Wildman–Crippen LogP) is 3.86. The van der Waals surface area contributed by atoms with Crippen LogP contribution in [-0.2, 0) is 6.42 Å². The van der Waals surface area contributed by atoms with Gasteiger partial charge in [-0.1, -0.05) is 29.8 Å². The van der Waals surface area contributed by atoms with Gasteiger partial charge in [-0.15, -0.1) is 0 Å². The number of ether oxygens (including phenoxy) is 2. The highest BCUT2D eigenvalue weighted by Crippen LogP contribution is 2.29. The average molecular weight is 306 g/mol. The van der Waals surface area contributed by atoms with Crippen LogP contribution >= 0.6 is 11.6 Å². The van der Waals surface area contributed by atoms with Gasteiger partial charge in [-0.2, -0.15) is 0 Å². The normalized spacial score (nSPS) is 12.0. The maximum atomic E-state index is 6.08. The van der Waals surface area contributed by atoms with Crippen LogP contribution in [0.4, 0.5) is 0 Å². The number of rotatable bonds is 6. The van der Waals surface area contributed by atoms with E-state index in [4.69, 9.17) is 21.1 Å².